The Bertz CT molecular complexity index is 728. The van der Waals surface area contributed by atoms with Crippen molar-refractivity contribution >= 4 is 17.2 Å². The molecule has 5 nitrogen and oxygen atoms in total. The lowest BCUT2D eigenvalue weighted by Crippen LogP contribution is -2.23. The lowest BCUT2D eigenvalue weighted by molar-refractivity contribution is 0.0946. The molecule has 21 heavy (non-hydrogen) atoms. The minimum atomic E-state index is -0.197. The first-order valence-electron chi connectivity index (χ1n) is 6.37. The summed E-state index contributed by atoms with van der Waals surface area (Å²) in [7, 11) is 0. The first kappa shape index (κ1) is 13.4. The minimum absolute atomic E-state index is 0.197. The Hall–Kier alpha value is -2.60. The van der Waals surface area contributed by atoms with Gasteiger partial charge in [0.15, 0.2) is 0 Å². The van der Waals surface area contributed by atoms with Crippen molar-refractivity contribution in [2.24, 2.45) is 0 Å². The van der Waals surface area contributed by atoms with Gasteiger partial charge >= 0.3 is 0 Å². The Morgan fingerprint density at radius 2 is 2.00 bits per heavy atom. The molecule has 0 saturated heterocycles. The van der Waals surface area contributed by atoms with Crippen molar-refractivity contribution in [1.82, 2.24) is 20.3 Å². The number of nitrogens with one attached hydrogen (secondary N) is 1. The normalized spacial score (nSPS) is 10.3. The van der Waals surface area contributed by atoms with Gasteiger partial charge in [-0.15, -0.1) is 11.3 Å². The van der Waals surface area contributed by atoms with Gasteiger partial charge in [0, 0.05) is 29.5 Å². The predicted octanol–water partition coefficient (Wildman–Crippen LogP) is 2.53. The highest BCUT2D eigenvalue weighted by Crippen LogP contribution is 2.22. The van der Waals surface area contributed by atoms with Crippen LogP contribution in [0.4, 0.5) is 0 Å². The summed E-state index contributed by atoms with van der Waals surface area (Å²) in [6.45, 7) is 0.391. The highest BCUT2D eigenvalue weighted by molar-refractivity contribution is 7.13. The summed E-state index contributed by atoms with van der Waals surface area (Å²) in [5.41, 5.74) is 2.19. The summed E-state index contributed by atoms with van der Waals surface area (Å²) in [5.74, 6) is -0.197. The van der Waals surface area contributed by atoms with E-state index in [2.05, 4.69) is 20.3 Å². The topological polar surface area (TPSA) is 67.8 Å². The van der Waals surface area contributed by atoms with Gasteiger partial charge in [0.2, 0.25) is 0 Å². The fourth-order valence-corrected chi connectivity index (χ4v) is 2.58. The lowest BCUT2D eigenvalue weighted by Gasteiger charge is -2.02. The molecule has 0 aliphatic rings. The predicted molar refractivity (Wildman–Crippen MR) is 80.8 cm³/mol. The van der Waals surface area contributed by atoms with Crippen LogP contribution >= 0.6 is 11.3 Å². The maximum absolute atomic E-state index is 12.1. The number of carbonyl (C=O) groups is 1. The summed E-state index contributed by atoms with van der Waals surface area (Å²) < 4.78 is 0. The highest BCUT2D eigenvalue weighted by atomic mass is 32.1. The van der Waals surface area contributed by atoms with Gasteiger partial charge in [-0.3, -0.25) is 14.8 Å². The van der Waals surface area contributed by atoms with Crippen LogP contribution in [0.1, 0.15) is 16.2 Å². The Balaban J connectivity index is 1.67. The zero-order valence-electron chi connectivity index (χ0n) is 11.1. The third-order valence-electron chi connectivity index (χ3n) is 2.82. The Kier molecular flexibility index (Phi) is 3.97. The quantitative estimate of drug-likeness (QED) is 0.803. The third-order valence-corrected chi connectivity index (χ3v) is 3.71. The van der Waals surface area contributed by atoms with E-state index in [1.54, 1.807) is 24.0 Å². The second-order valence-electron chi connectivity index (χ2n) is 4.28. The van der Waals surface area contributed by atoms with Crippen molar-refractivity contribution in [1.29, 1.82) is 0 Å². The minimum Gasteiger partial charge on any atom is -0.345 e. The smallest absolute Gasteiger partial charge is 0.271 e. The molecule has 3 heterocycles. The van der Waals surface area contributed by atoms with Gasteiger partial charge in [0.25, 0.3) is 5.91 Å². The van der Waals surface area contributed by atoms with Crippen LogP contribution in [0.3, 0.4) is 0 Å². The van der Waals surface area contributed by atoms with E-state index in [0.717, 1.165) is 16.3 Å². The summed E-state index contributed by atoms with van der Waals surface area (Å²) in [5, 5.41) is 5.37. The van der Waals surface area contributed by atoms with Crippen molar-refractivity contribution < 1.29 is 4.79 Å². The van der Waals surface area contributed by atoms with Crippen molar-refractivity contribution in [3.8, 4) is 10.6 Å². The van der Waals surface area contributed by atoms with Gasteiger partial charge in [0.1, 0.15) is 10.7 Å². The number of amides is 1. The largest absolute Gasteiger partial charge is 0.345 e. The fraction of sp³-hybridized carbons (Fsp3) is 0.0667. The number of carbonyl (C=O) groups excluding carboxylic acids is 1. The van der Waals surface area contributed by atoms with E-state index in [4.69, 9.17) is 0 Å². The molecule has 0 aromatic carbocycles. The van der Waals surface area contributed by atoms with E-state index >= 15 is 0 Å². The summed E-state index contributed by atoms with van der Waals surface area (Å²) in [4.78, 5) is 24.5. The van der Waals surface area contributed by atoms with Gasteiger partial charge in [0.05, 0.1) is 12.2 Å². The molecule has 6 heteroatoms. The Morgan fingerprint density at radius 3 is 2.76 bits per heavy atom. The zero-order valence-corrected chi connectivity index (χ0v) is 11.9. The average Bonchev–Trinajstić information content (AvgIpc) is 3.04. The van der Waals surface area contributed by atoms with Crippen LogP contribution in [0.5, 0.6) is 0 Å². The zero-order chi connectivity index (χ0) is 14.5. The highest BCUT2D eigenvalue weighted by Gasteiger charge is 2.11. The number of rotatable bonds is 4. The van der Waals surface area contributed by atoms with Crippen molar-refractivity contribution in [2.75, 3.05) is 0 Å². The standard InChI is InChI=1S/C15H12N4OS/c20-14(18-9-12-3-1-2-6-17-12)13-10-21-15(19-13)11-4-7-16-8-5-11/h1-8,10H,9H2,(H,18,20). The average molecular weight is 296 g/mol. The number of pyridine rings is 2. The molecule has 0 bridgehead atoms. The molecule has 104 valence electrons. The molecule has 1 N–H and O–H groups in total. The van der Waals surface area contributed by atoms with E-state index in [1.807, 2.05) is 30.3 Å². The monoisotopic (exact) mass is 296 g/mol. The molecule has 0 atom stereocenters. The number of thiazole rings is 1. The molecule has 3 rings (SSSR count). The van der Waals surface area contributed by atoms with Gasteiger partial charge < -0.3 is 5.32 Å². The molecule has 1 amide bonds. The molecule has 0 radical (unpaired) electrons. The maximum atomic E-state index is 12.1. The van der Waals surface area contributed by atoms with Gasteiger partial charge in [-0.05, 0) is 24.3 Å². The van der Waals surface area contributed by atoms with E-state index in [1.165, 1.54) is 11.3 Å². The van der Waals surface area contributed by atoms with Crippen LogP contribution in [-0.2, 0) is 6.54 Å². The molecule has 0 fully saturated rings. The lowest BCUT2D eigenvalue weighted by atomic mass is 10.3. The molecule has 3 aromatic heterocycles. The van der Waals surface area contributed by atoms with Crippen LogP contribution in [0.25, 0.3) is 10.6 Å². The Morgan fingerprint density at radius 1 is 1.14 bits per heavy atom. The number of aromatic nitrogens is 3. The molecular weight excluding hydrogens is 284 g/mol. The van der Waals surface area contributed by atoms with Crippen molar-refractivity contribution in [3.05, 3.63) is 65.7 Å². The first-order chi connectivity index (χ1) is 10.3. The maximum Gasteiger partial charge on any atom is 0.271 e. The van der Waals surface area contributed by atoms with Crippen molar-refractivity contribution in [3.63, 3.8) is 0 Å². The molecule has 0 unspecified atom stereocenters. The van der Waals surface area contributed by atoms with E-state index in [-0.39, 0.29) is 5.91 Å². The van der Waals surface area contributed by atoms with E-state index in [0.29, 0.717) is 12.2 Å². The second-order valence-corrected chi connectivity index (χ2v) is 5.14. The number of nitrogens with zero attached hydrogens (tertiary/aromatic N) is 3. The fourth-order valence-electron chi connectivity index (χ4n) is 1.77. The SMILES string of the molecule is O=C(NCc1ccccn1)c1csc(-c2ccncc2)n1. The van der Waals surface area contributed by atoms with Gasteiger partial charge in [-0.1, -0.05) is 6.07 Å². The summed E-state index contributed by atoms with van der Waals surface area (Å²) in [6.07, 6.45) is 5.11. The van der Waals surface area contributed by atoms with Crippen molar-refractivity contribution in [2.45, 2.75) is 6.54 Å². The molecule has 0 saturated carbocycles. The third kappa shape index (κ3) is 3.29. The number of hydrogen-bond donors (Lipinski definition) is 1. The number of hydrogen-bond acceptors (Lipinski definition) is 5. The van der Waals surface area contributed by atoms with Gasteiger partial charge in [-0.25, -0.2) is 4.98 Å². The second kappa shape index (κ2) is 6.23. The van der Waals surface area contributed by atoms with Gasteiger partial charge in [-0.2, -0.15) is 0 Å². The van der Waals surface area contributed by atoms with E-state index in [9.17, 15) is 4.79 Å². The van der Waals surface area contributed by atoms with Crippen LogP contribution in [0, 0.1) is 0 Å². The molecule has 3 aromatic rings. The Labute approximate surface area is 125 Å². The molecule has 0 spiro atoms. The summed E-state index contributed by atoms with van der Waals surface area (Å²) >= 11 is 1.44. The molecular formula is C15H12N4OS. The van der Waals surface area contributed by atoms with E-state index < -0.39 is 0 Å². The van der Waals surface area contributed by atoms with Crippen LogP contribution < -0.4 is 5.32 Å². The van der Waals surface area contributed by atoms with Crippen LogP contribution in [0.2, 0.25) is 0 Å². The summed E-state index contributed by atoms with van der Waals surface area (Å²) in [6, 6.07) is 9.33. The van der Waals surface area contributed by atoms with Crippen LogP contribution in [0.15, 0.2) is 54.3 Å². The molecule has 0 aliphatic heterocycles. The van der Waals surface area contributed by atoms with Crippen LogP contribution in [-0.4, -0.2) is 20.9 Å². The first-order valence-corrected chi connectivity index (χ1v) is 7.25. The molecule has 0 aliphatic carbocycles.